The maximum atomic E-state index is 13.3. The number of aryl methyl sites for hydroxylation is 4. The summed E-state index contributed by atoms with van der Waals surface area (Å²) < 4.78 is 34.1. The third-order valence-electron chi connectivity index (χ3n) is 6.59. The first kappa shape index (κ1) is 27.2. The molecule has 1 atom stereocenters. The van der Waals surface area contributed by atoms with Crippen molar-refractivity contribution in [2.75, 3.05) is 0 Å². The van der Waals surface area contributed by atoms with Crippen molar-refractivity contribution < 1.29 is 25.6 Å². The SMILES string of the molecule is CC(=O)C1CC=C(c2ccc(C(=O)NS(=O)(=O)c3cccc(C)n3)c(Oc3c(C)cc(C)cc3C)n2)CC1.[HH].[HH]. The predicted octanol–water partition coefficient (Wildman–Crippen LogP) is 5.89. The largest absolute Gasteiger partial charge is 0.438 e. The molecule has 1 aromatic carbocycles. The molecule has 0 spiro atoms. The van der Waals surface area contributed by atoms with Crippen molar-refractivity contribution in [1.82, 2.24) is 14.7 Å². The number of sulfonamides is 1. The Morgan fingerprint density at radius 3 is 2.34 bits per heavy atom. The molecule has 8 nitrogen and oxygen atoms in total. The molecule has 0 bridgehead atoms. The minimum atomic E-state index is -4.22. The molecule has 0 radical (unpaired) electrons. The lowest BCUT2D eigenvalue weighted by molar-refractivity contribution is -0.120. The normalized spacial score (nSPS) is 15.5. The number of rotatable bonds is 7. The Labute approximate surface area is 226 Å². The van der Waals surface area contributed by atoms with Gasteiger partial charge in [-0.3, -0.25) is 9.59 Å². The predicted molar refractivity (Wildman–Crippen MR) is 149 cm³/mol. The number of nitrogens with one attached hydrogen (secondary N) is 1. The molecule has 9 heteroatoms. The van der Waals surface area contributed by atoms with Crippen LogP contribution in [-0.2, 0) is 14.8 Å². The molecule has 2 heterocycles. The summed E-state index contributed by atoms with van der Waals surface area (Å²) in [5.41, 5.74) is 4.84. The Kier molecular flexibility index (Phi) is 7.78. The Balaban J connectivity index is 0.00000280. The first-order valence-corrected chi connectivity index (χ1v) is 13.9. The van der Waals surface area contributed by atoms with E-state index in [9.17, 15) is 18.0 Å². The summed E-state index contributed by atoms with van der Waals surface area (Å²) in [6.45, 7) is 9.06. The molecule has 0 saturated carbocycles. The Hall–Kier alpha value is -3.85. The number of allylic oxidation sites excluding steroid dienone is 2. The number of hydrogen-bond donors (Lipinski definition) is 1. The van der Waals surface area contributed by atoms with Gasteiger partial charge in [-0.05, 0) is 94.8 Å². The van der Waals surface area contributed by atoms with E-state index in [1.807, 2.05) is 39.0 Å². The van der Waals surface area contributed by atoms with Crippen LogP contribution in [0.1, 0.15) is 67.5 Å². The number of hydrogen-bond acceptors (Lipinski definition) is 7. The number of amides is 1. The van der Waals surface area contributed by atoms with Crippen molar-refractivity contribution in [3.05, 3.63) is 82.2 Å². The molecule has 0 saturated heterocycles. The number of benzene rings is 1. The van der Waals surface area contributed by atoms with Gasteiger partial charge in [0.25, 0.3) is 15.9 Å². The van der Waals surface area contributed by atoms with Crippen LogP contribution < -0.4 is 9.46 Å². The topological polar surface area (TPSA) is 115 Å². The highest BCUT2D eigenvalue weighted by Crippen LogP contribution is 2.34. The van der Waals surface area contributed by atoms with Gasteiger partial charge in [0.2, 0.25) is 5.88 Å². The minimum Gasteiger partial charge on any atom is -0.438 e. The van der Waals surface area contributed by atoms with E-state index in [2.05, 4.69) is 14.7 Å². The lowest BCUT2D eigenvalue weighted by atomic mass is 9.86. The van der Waals surface area contributed by atoms with Gasteiger partial charge >= 0.3 is 0 Å². The summed E-state index contributed by atoms with van der Waals surface area (Å²) in [4.78, 5) is 33.7. The van der Waals surface area contributed by atoms with Crippen molar-refractivity contribution in [3.8, 4) is 11.6 Å². The third-order valence-corrected chi connectivity index (χ3v) is 7.82. The average Bonchev–Trinajstić information content (AvgIpc) is 2.86. The van der Waals surface area contributed by atoms with E-state index < -0.39 is 15.9 Å². The highest BCUT2D eigenvalue weighted by molar-refractivity contribution is 7.90. The number of carbonyl (C=O) groups is 2. The molecule has 2 aromatic heterocycles. The van der Waals surface area contributed by atoms with Gasteiger partial charge in [0.05, 0.1) is 5.69 Å². The minimum absolute atomic E-state index is 0. The molecular weight excluding hydrogens is 502 g/mol. The van der Waals surface area contributed by atoms with Crippen LogP contribution in [0, 0.1) is 33.6 Å². The van der Waals surface area contributed by atoms with E-state index in [1.54, 1.807) is 32.0 Å². The smallest absolute Gasteiger partial charge is 0.281 e. The van der Waals surface area contributed by atoms with Crippen LogP contribution in [0.15, 0.2) is 53.6 Å². The van der Waals surface area contributed by atoms with Gasteiger partial charge in [-0.25, -0.2) is 14.7 Å². The van der Waals surface area contributed by atoms with Crippen LogP contribution in [0.3, 0.4) is 0 Å². The fourth-order valence-corrected chi connectivity index (χ4v) is 5.61. The summed E-state index contributed by atoms with van der Waals surface area (Å²) in [5.74, 6) is -0.167. The van der Waals surface area contributed by atoms with Gasteiger partial charge in [0.15, 0.2) is 5.03 Å². The summed E-state index contributed by atoms with van der Waals surface area (Å²) in [6, 6.07) is 11.7. The molecule has 202 valence electrons. The fourth-order valence-electron chi connectivity index (χ4n) is 4.63. The number of ketones is 1. The van der Waals surface area contributed by atoms with E-state index in [4.69, 9.17) is 4.74 Å². The lowest BCUT2D eigenvalue weighted by Gasteiger charge is -2.20. The zero-order valence-corrected chi connectivity index (χ0v) is 23.0. The number of nitrogens with zero attached hydrogens (tertiary/aromatic N) is 2. The molecule has 1 aliphatic carbocycles. The molecule has 1 aliphatic rings. The lowest BCUT2D eigenvalue weighted by Crippen LogP contribution is -2.31. The number of carbonyl (C=O) groups excluding carboxylic acids is 2. The maximum Gasteiger partial charge on any atom is 0.281 e. The van der Waals surface area contributed by atoms with Gasteiger partial charge in [0.1, 0.15) is 17.1 Å². The molecular formula is C29H35N3O5S. The number of ether oxygens (including phenoxy) is 1. The quantitative estimate of drug-likeness (QED) is 0.400. The molecule has 1 amide bonds. The van der Waals surface area contributed by atoms with Crippen molar-refractivity contribution in [1.29, 1.82) is 0 Å². The highest BCUT2D eigenvalue weighted by atomic mass is 32.2. The molecule has 38 heavy (non-hydrogen) atoms. The van der Waals surface area contributed by atoms with Crippen LogP contribution in [0.4, 0.5) is 0 Å². The molecule has 1 N–H and O–H groups in total. The second kappa shape index (κ2) is 10.9. The molecule has 1 unspecified atom stereocenters. The van der Waals surface area contributed by atoms with Gasteiger partial charge in [0, 0.05) is 14.5 Å². The highest BCUT2D eigenvalue weighted by Gasteiger charge is 2.26. The third kappa shape index (κ3) is 5.99. The molecule has 4 rings (SSSR count). The first-order chi connectivity index (χ1) is 17.9. The summed E-state index contributed by atoms with van der Waals surface area (Å²) in [6.07, 6.45) is 4.01. The van der Waals surface area contributed by atoms with Gasteiger partial charge in [-0.1, -0.05) is 29.8 Å². The first-order valence-electron chi connectivity index (χ1n) is 12.4. The average molecular weight is 538 g/mol. The standard InChI is InChI=1S/C29H31N3O5S.2H2/c1-17-15-18(2)27(19(3)16-17)37-29-24(28(34)32-38(35,36)26-8-6-7-20(4)30-26)13-14-25(31-29)23-11-9-22(10-12-23)21(5)33;;/h6-8,11,13-16,22H,9-10,12H2,1-5H3,(H,32,34);2*1H. The Bertz CT molecular complexity index is 1550. The van der Waals surface area contributed by atoms with Crippen LogP contribution in [0.5, 0.6) is 11.6 Å². The van der Waals surface area contributed by atoms with Gasteiger partial charge in [-0.2, -0.15) is 8.42 Å². The molecule has 0 aliphatic heterocycles. The van der Waals surface area contributed by atoms with Crippen molar-refractivity contribution >= 4 is 27.3 Å². The Morgan fingerprint density at radius 2 is 1.74 bits per heavy atom. The summed E-state index contributed by atoms with van der Waals surface area (Å²) in [5, 5.41) is -0.254. The second-order valence-electron chi connectivity index (χ2n) is 9.74. The number of aromatic nitrogens is 2. The monoisotopic (exact) mass is 537 g/mol. The maximum absolute atomic E-state index is 13.3. The zero-order valence-electron chi connectivity index (χ0n) is 22.2. The second-order valence-corrected chi connectivity index (χ2v) is 11.4. The van der Waals surface area contributed by atoms with E-state index >= 15 is 0 Å². The zero-order chi connectivity index (χ0) is 27.6. The Morgan fingerprint density at radius 1 is 1.03 bits per heavy atom. The number of pyridine rings is 2. The summed E-state index contributed by atoms with van der Waals surface area (Å²) in [7, 11) is -4.22. The van der Waals surface area contributed by atoms with Crippen molar-refractivity contribution in [2.24, 2.45) is 5.92 Å². The number of Topliss-reactive ketones (excluding diaryl/α,β-unsaturated/α-hetero) is 1. The molecule has 0 fully saturated rings. The van der Waals surface area contributed by atoms with Gasteiger partial charge < -0.3 is 4.74 Å². The van der Waals surface area contributed by atoms with E-state index in [1.165, 1.54) is 12.1 Å². The van der Waals surface area contributed by atoms with Crippen LogP contribution in [0.2, 0.25) is 0 Å². The van der Waals surface area contributed by atoms with Crippen molar-refractivity contribution in [2.45, 2.75) is 58.9 Å². The van der Waals surface area contributed by atoms with Crippen LogP contribution in [-0.4, -0.2) is 30.1 Å². The van der Waals surface area contributed by atoms with E-state index in [-0.39, 0.29) is 31.0 Å². The van der Waals surface area contributed by atoms with Crippen molar-refractivity contribution in [3.63, 3.8) is 0 Å². The van der Waals surface area contributed by atoms with E-state index in [0.717, 1.165) is 28.7 Å². The fraction of sp³-hybridized carbons (Fsp3) is 0.310. The molecule has 3 aromatic rings. The van der Waals surface area contributed by atoms with Gasteiger partial charge in [-0.15, -0.1) is 0 Å². The summed E-state index contributed by atoms with van der Waals surface area (Å²) >= 11 is 0. The van der Waals surface area contributed by atoms with Crippen LogP contribution >= 0.6 is 0 Å². The van der Waals surface area contributed by atoms with E-state index in [0.29, 0.717) is 30.0 Å². The van der Waals surface area contributed by atoms with Crippen LogP contribution in [0.25, 0.3) is 5.57 Å².